The zero-order chi connectivity index (χ0) is 22.6. The Morgan fingerprint density at radius 1 is 0.935 bits per heavy atom. The number of hydrogen-bond donors (Lipinski definition) is 0. The molecule has 0 aliphatic heterocycles. The molecule has 0 radical (unpaired) electrons. The Labute approximate surface area is 184 Å². The predicted molar refractivity (Wildman–Crippen MR) is 113 cm³/mol. The fourth-order valence-electron chi connectivity index (χ4n) is 8.26. The fraction of sp³-hybridized carbons (Fsp3) is 0.840. The van der Waals surface area contributed by atoms with Gasteiger partial charge in [-0.3, -0.25) is 19.2 Å². The van der Waals surface area contributed by atoms with Gasteiger partial charge in [0.15, 0.2) is 12.2 Å². The van der Waals surface area contributed by atoms with Crippen molar-refractivity contribution in [1.82, 2.24) is 0 Å². The minimum Gasteiger partial charge on any atom is -0.458 e. The van der Waals surface area contributed by atoms with Crippen molar-refractivity contribution >= 4 is 23.5 Å². The average Bonchev–Trinajstić information content (AvgIpc) is 2.99. The van der Waals surface area contributed by atoms with Gasteiger partial charge in [0.1, 0.15) is 5.78 Å². The van der Waals surface area contributed by atoms with E-state index in [1.54, 1.807) is 0 Å². The smallest absolute Gasteiger partial charge is 0.303 e. The lowest BCUT2D eigenvalue weighted by Crippen LogP contribution is -2.60. The Bertz CT molecular complexity index is 804. The summed E-state index contributed by atoms with van der Waals surface area (Å²) in [6, 6.07) is 0. The monoisotopic (exact) mass is 432 g/mol. The lowest BCUT2D eigenvalue weighted by molar-refractivity contribution is -0.194. The van der Waals surface area contributed by atoms with E-state index in [-0.39, 0.29) is 17.8 Å². The van der Waals surface area contributed by atoms with Crippen molar-refractivity contribution in [3.63, 3.8) is 0 Å². The van der Waals surface area contributed by atoms with Crippen LogP contribution in [-0.2, 0) is 28.7 Å². The number of carbonyl (C=O) groups is 4. The summed E-state index contributed by atoms with van der Waals surface area (Å²) < 4.78 is 10.9. The summed E-state index contributed by atoms with van der Waals surface area (Å²) in [6.45, 7) is 6.80. The van der Waals surface area contributed by atoms with Crippen LogP contribution >= 0.6 is 0 Å². The molecule has 31 heavy (non-hydrogen) atoms. The molecule has 7 atom stereocenters. The Balaban J connectivity index is 1.64. The summed E-state index contributed by atoms with van der Waals surface area (Å²) in [7, 11) is 0. The zero-order valence-corrected chi connectivity index (χ0v) is 19.3. The second-order valence-corrected chi connectivity index (χ2v) is 11.0. The predicted octanol–water partition coefficient (Wildman–Crippen LogP) is 4.03. The molecule has 0 unspecified atom stereocenters. The molecule has 0 aromatic carbocycles. The van der Waals surface area contributed by atoms with E-state index >= 15 is 0 Å². The standard InChI is InChI=1S/C25H36O6/c1-15(26)30-14-22(29)25(31-16(2)27)12-9-21-19-6-5-17-13-18(28)7-10-23(17,3)20(19)8-11-24(21,25)4/h17,19-21H,5-14H2,1-4H3/t17-,19-,20+,21+,23-,24-,25-/m0/s1. The maximum absolute atomic E-state index is 13.4. The van der Waals surface area contributed by atoms with E-state index in [9.17, 15) is 19.2 Å². The van der Waals surface area contributed by atoms with Crippen LogP contribution in [0.2, 0.25) is 0 Å². The number of Topliss-reactive ketones (excluding diaryl/α,β-unsaturated/α-hetero) is 2. The number of ether oxygens (including phenoxy) is 2. The van der Waals surface area contributed by atoms with Crippen LogP contribution in [0.15, 0.2) is 0 Å². The van der Waals surface area contributed by atoms with Crippen molar-refractivity contribution in [2.75, 3.05) is 6.61 Å². The summed E-state index contributed by atoms with van der Waals surface area (Å²) in [5.74, 6) is 0.958. The summed E-state index contributed by atoms with van der Waals surface area (Å²) in [4.78, 5) is 48.9. The molecule has 4 saturated carbocycles. The molecule has 0 heterocycles. The molecule has 4 fully saturated rings. The first-order valence-corrected chi connectivity index (χ1v) is 11.9. The molecule has 6 nitrogen and oxygen atoms in total. The highest BCUT2D eigenvalue weighted by Crippen LogP contribution is 2.68. The summed E-state index contributed by atoms with van der Waals surface area (Å²) in [6.07, 6.45) is 7.67. The topological polar surface area (TPSA) is 86.7 Å². The third-order valence-electron chi connectivity index (χ3n) is 9.78. The van der Waals surface area contributed by atoms with Crippen LogP contribution in [0.5, 0.6) is 0 Å². The minimum absolute atomic E-state index is 0.187. The van der Waals surface area contributed by atoms with Gasteiger partial charge in [-0.1, -0.05) is 13.8 Å². The van der Waals surface area contributed by atoms with Crippen molar-refractivity contribution in [2.45, 2.75) is 91.1 Å². The first-order valence-electron chi connectivity index (χ1n) is 11.9. The van der Waals surface area contributed by atoms with Crippen LogP contribution in [0.3, 0.4) is 0 Å². The quantitative estimate of drug-likeness (QED) is 0.623. The molecule has 4 rings (SSSR count). The van der Waals surface area contributed by atoms with E-state index in [0.717, 1.165) is 44.9 Å². The molecular formula is C25H36O6. The zero-order valence-electron chi connectivity index (χ0n) is 19.3. The van der Waals surface area contributed by atoms with Gasteiger partial charge in [0.05, 0.1) is 0 Å². The molecular weight excluding hydrogens is 396 g/mol. The molecule has 0 saturated heterocycles. The molecule has 0 aromatic heterocycles. The number of ketones is 2. The van der Waals surface area contributed by atoms with E-state index < -0.39 is 23.0 Å². The number of fused-ring (bicyclic) bond motifs is 5. The van der Waals surface area contributed by atoms with Crippen LogP contribution in [0.25, 0.3) is 0 Å². The Hall–Kier alpha value is -1.72. The molecule has 4 aliphatic rings. The summed E-state index contributed by atoms with van der Waals surface area (Å²) in [5, 5.41) is 0. The Morgan fingerprint density at radius 3 is 2.32 bits per heavy atom. The van der Waals surface area contributed by atoms with Crippen LogP contribution in [0.1, 0.15) is 85.5 Å². The van der Waals surface area contributed by atoms with Gasteiger partial charge in [-0.05, 0) is 74.0 Å². The SMILES string of the molecule is CC(=O)OCC(=O)[C@@]1(OC(C)=O)CC[C@@H]2[C@H]3CC[C@H]4CC(=O)CC[C@]4(C)[C@@H]3CC[C@@]21C. The molecule has 0 amide bonds. The second kappa shape index (κ2) is 7.70. The highest BCUT2D eigenvalue weighted by atomic mass is 16.6. The molecule has 0 spiro atoms. The van der Waals surface area contributed by atoms with Gasteiger partial charge in [0, 0.05) is 32.1 Å². The van der Waals surface area contributed by atoms with Crippen molar-refractivity contribution < 1.29 is 28.7 Å². The molecule has 0 bridgehead atoms. The maximum atomic E-state index is 13.4. The number of carbonyl (C=O) groups excluding carboxylic acids is 4. The average molecular weight is 433 g/mol. The summed E-state index contributed by atoms with van der Waals surface area (Å²) >= 11 is 0. The van der Waals surface area contributed by atoms with Gasteiger partial charge >= 0.3 is 11.9 Å². The largest absolute Gasteiger partial charge is 0.458 e. The first kappa shape index (κ1) is 22.5. The van der Waals surface area contributed by atoms with E-state index in [1.165, 1.54) is 13.8 Å². The number of rotatable bonds is 4. The minimum atomic E-state index is -1.22. The van der Waals surface area contributed by atoms with Gasteiger partial charge < -0.3 is 9.47 Å². The molecule has 0 N–H and O–H groups in total. The molecule has 6 heteroatoms. The van der Waals surface area contributed by atoms with E-state index in [0.29, 0.717) is 42.3 Å². The Morgan fingerprint density at radius 2 is 1.65 bits per heavy atom. The fourth-order valence-corrected chi connectivity index (χ4v) is 8.26. The van der Waals surface area contributed by atoms with Crippen LogP contribution in [-0.4, -0.2) is 35.7 Å². The highest BCUT2D eigenvalue weighted by Gasteiger charge is 2.69. The Kier molecular flexibility index (Phi) is 5.58. The van der Waals surface area contributed by atoms with Gasteiger partial charge in [-0.15, -0.1) is 0 Å². The highest BCUT2D eigenvalue weighted by molar-refractivity contribution is 5.93. The number of esters is 2. The van der Waals surface area contributed by atoms with Gasteiger partial charge in [-0.25, -0.2) is 0 Å². The maximum Gasteiger partial charge on any atom is 0.303 e. The van der Waals surface area contributed by atoms with Crippen molar-refractivity contribution in [3.8, 4) is 0 Å². The molecule has 172 valence electrons. The van der Waals surface area contributed by atoms with Crippen molar-refractivity contribution in [1.29, 1.82) is 0 Å². The van der Waals surface area contributed by atoms with Gasteiger partial charge in [-0.2, -0.15) is 0 Å². The first-order chi connectivity index (χ1) is 14.5. The second-order valence-electron chi connectivity index (χ2n) is 11.0. The molecule has 4 aliphatic carbocycles. The third kappa shape index (κ3) is 3.36. The van der Waals surface area contributed by atoms with Gasteiger partial charge in [0.2, 0.25) is 5.78 Å². The van der Waals surface area contributed by atoms with Crippen molar-refractivity contribution in [2.24, 2.45) is 34.5 Å². The van der Waals surface area contributed by atoms with Gasteiger partial charge in [0.25, 0.3) is 0 Å². The van der Waals surface area contributed by atoms with Crippen LogP contribution in [0.4, 0.5) is 0 Å². The molecule has 0 aromatic rings. The van der Waals surface area contributed by atoms with Crippen LogP contribution < -0.4 is 0 Å². The van der Waals surface area contributed by atoms with E-state index in [4.69, 9.17) is 9.47 Å². The summed E-state index contributed by atoms with van der Waals surface area (Å²) in [5.41, 5.74) is -1.48. The van der Waals surface area contributed by atoms with Crippen molar-refractivity contribution in [3.05, 3.63) is 0 Å². The van der Waals surface area contributed by atoms with E-state index in [2.05, 4.69) is 13.8 Å². The lowest BCUT2D eigenvalue weighted by atomic mass is 9.44. The third-order valence-corrected chi connectivity index (χ3v) is 9.78. The lowest BCUT2D eigenvalue weighted by Gasteiger charge is -2.61. The normalized spacial score (nSPS) is 43.9. The van der Waals surface area contributed by atoms with Crippen LogP contribution in [0, 0.1) is 34.5 Å². The van der Waals surface area contributed by atoms with E-state index in [1.807, 2.05) is 0 Å². The number of hydrogen-bond acceptors (Lipinski definition) is 6.